The van der Waals surface area contributed by atoms with Gasteiger partial charge in [-0.15, -0.1) is 0 Å². The third-order valence-corrected chi connectivity index (χ3v) is 2.17. The van der Waals surface area contributed by atoms with Crippen molar-refractivity contribution in [1.82, 2.24) is 9.80 Å². The van der Waals surface area contributed by atoms with Crippen molar-refractivity contribution in [2.24, 2.45) is 0 Å². The molecule has 5 nitrogen and oxygen atoms in total. The highest BCUT2D eigenvalue weighted by Crippen LogP contribution is 1.96. The van der Waals surface area contributed by atoms with Crippen LogP contribution in [0, 0.1) is 0 Å². The zero-order valence-corrected chi connectivity index (χ0v) is 9.69. The summed E-state index contributed by atoms with van der Waals surface area (Å²) in [7, 11) is 3.43. The zero-order valence-electron chi connectivity index (χ0n) is 9.69. The molecule has 0 unspecified atom stereocenters. The number of aliphatic carboxylic acids is 1. The van der Waals surface area contributed by atoms with E-state index in [1.807, 2.05) is 11.8 Å². The van der Waals surface area contributed by atoms with Gasteiger partial charge in [0.05, 0.1) is 6.54 Å². The fourth-order valence-electron chi connectivity index (χ4n) is 1.14. The molecule has 0 rings (SSSR count). The van der Waals surface area contributed by atoms with Gasteiger partial charge in [-0.3, -0.25) is 14.5 Å². The van der Waals surface area contributed by atoms with E-state index in [1.54, 1.807) is 19.0 Å². The van der Waals surface area contributed by atoms with E-state index in [0.717, 1.165) is 6.54 Å². The summed E-state index contributed by atoms with van der Waals surface area (Å²) in [5, 5.41) is 8.48. The molecule has 0 heterocycles. The van der Waals surface area contributed by atoms with Crippen molar-refractivity contribution < 1.29 is 14.7 Å². The van der Waals surface area contributed by atoms with Crippen LogP contribution >= 0.6 is 0 Å². The number of hydrogen-bond donors (Lipinski definition) is 1. The Labute approximate surface area is 90.7 Å². The molecule has 0 aliphatic rings. The van der Waals surface area contributed by atoms with Gasteiger partial charge in [-0.2, -0.15) is 0 Å². The molecule has 0 radical (unpaired) electrons. The van der Waals surface area contributed by atoms with Crippen LogP contribution in [0.15, 0.2) is 0 Å². The summed E-state index contributed by atoms with van der Waals surface area (Å²) in [4.78, 5) is 25.2. The zero-order chi connectivity index (χ0) is 11.8. The van der Waals surface area contributed by atoms with E-state index < -0.39 is 5.97 Å². The molecule has 0 aliphatic heterocycles. The van der Waals surface area contributed by atoms with Crippen molar-refractivity contribution in [3.05, 3.63) is 0 Å². The Kier molecular flexibility index (Phi) is 6.70. The second-order valence-electron chi connectivity index (χ2n) is 3.65. The number of carbonyl (C=O) groups excluding carboxylic acids is 1. The molecule has 0 aromatic carbocycles. The highest BCUT2D eigenvalue weighted by atomic mass is 16.4. The number of carbonyl (C=O) groups is 2. The van der Waals surface area contributed by atoms with Crippen LogP contribution in [-0.2, 0) is 9.59 Å². The summed E-state index contributed by atoms with van der Waals surface area (Å²) in [6.07, 6.45) is 0.747. The van der Waals surface area contributed by atoms with Crippen LogP contribution in [0.3, 0.4) is 0 Å². The number of hydrogen-bond acceptors (Lipinski definition) is 3. The van der Waals surface area contributed by atoms with Gasteiger partial charge in [0.15, 0.2) is 0 Å². The normalized spacial score (nSPS) is 10.4. The van der Waals surface area contributed by atoms with E-state index in [4.69, 9.17) is 5.11 Å². The second-order valence-corrected chi connectivity index (χ2v) is 3.65. The monoisotopic (exact) mass is 216 g/mol. The van der Waals surface area contributed by atoms with E-state index in [1.165, 1.54) is 0 Å². The molecule has 1 N–H and O–H groups in total. The van der Waals surface area contributed by atoms with Crippen LogP contribution in [0.4, 0.5) is 0 Å². The van der Waals surface area contributed by atoms with Crippen LogP contribution in [0.5, 0.6) is 0 Å². The van der Waals surface area contributed by atoms with Gasteiger partial charge in [0.25, 0.3) is 0 Å². The lowest BCUT2D eigenvalue weighted by Gasteiger charge is -2.21. The highest BCUT2D eigenvalue weighted by Gasteiger charge is 2.10. The largest absolute Gasteiger partial charge is 0.481 e. The van der Waals surface area contributed by atoms with Gasteiger partial charge in [-0.1, -0.05) is 6.92 Å². The van der Waals surface area contributed by atoms with Crippen molar-refractivity contribution in [3.63, 3.8) is 0 Å². The van der Waals surface area contributed by atoms with Gasteiger partial charge in [0, 0.05) is 20.5 Å². The maximum atomic E-state index is 11.4. The average Bonchev–Trinajstić information content (AvgIpc) is 2.15. The molecule has 0 saturated heterocycles. The molecule has 0 fully saturated rings. The van der Waals surface area contributed by atoms with E-state index in [9.17, 15) is 9.59 Å². The van der Waals surface area contributed by atoms with Crippen LogP contribution < -0.4 is 0 Å². The molecular formula is C10H20N2O3. The molecule has 0 bridgehead atoms. The molecule has 15 heavy (non-hydrogen) atoms. The smallest absolute Gasteiger partial charge is 0.303 e. The Morgan fingerprint density at radius 2 is 1.87 bits per heavy atom. The number of rotatable bonds is 7. The quantitative estimate of drug-likeness (QED) is 0.663. The average molecular weight is 216 g/mol. The van der Waals surface area contributed by atoms with E-state index in [0.29, 0.717) is 19.5 Å². The molecule has 5 heteroatoms. The van der Waals surface area contributed by atoms with Crippen LogP contribution in [0.2, 0.25) is 0 Å². The molecule has 0 aromatic rings. The minimum absolute atomic E-state index is 0.0483. The Balaban J connectivity index is 3.82. The molecule has 0 aliphatic carbocycles. The number of amides is 1. The summed E-state index contributed by atoms with van der Waals surface area (Å²) in [5.41, 5.74) is 0. The molecule has 1 amide bonds. The third kappa shape index (κ3) is 6.90. The number of carboxylic acids is 1. The molecule has 0 spiro atoms. The first-order chi connectivity index (χ1) is 6.97. The Hall–Kier alpha value is -1.10. The standard InChI is InChI=1S/C10H20N2O3/c1-4-12(7-5-6-10(14)15)8-9(13)11(2)3/h4-8H2,1-3H3,(H,14,15). The number of nitrogens with zero attached hydrogens (tertiary/aromatic N) is 2. The number of likely N-dealkylation sites (N-methyl/N-ethyl adjacent to an activating group) is 2. The first-order valence-corrected chi connectivity index (χ1v) is 5.11. The van der Waals surface area contributed by atoms with E-state index in [2.05, 4.69) is 0 Å². The summed E-state index contributed by atoms with van der Waals surface area (Å²) in [6.45, 7) is 3.74. The van der Waals surface area contributed by atoms with E-state index in [-0.39, 0.29) is 12.3 Å². The summed E-state index contributed by atoms with van der Waals surface area (Å²) in [6, 6.07) is 0. The van der Waals surface area contributed by atoms with Crippen LogP contribution in [-0.4, -0.2) is 60.5 Å². The van der Waals surface area contributed by atoms with Crippen molar-refractivity contribution in [1.29, 1.82) is 0 Å². The lowest BCUT2D eigenvalue weighted by atomic mass is 10.3. The summed E-state index contributed by atoms with van der Waals surface area (Å²) in [5.74, 6) is -0.739. The molecule has 0 aromatic heterocycles. The Morgan fingerprint density at radius 3 is 2.27 bits per heavy atom. The summed E-state index contributed by atoms with van der Waals surface area (Å²) >= 11 is 0. The molecule has 0 atom stereocenters. The molecule has 88 valence electrons. The summed E-state index contributed by atoms with van der Waals surface area (Å²) < 4.78 is 0. The third-order valence-electron chi connectivity index (χ3n) is 2.17. The fraction of sp³-hybridized carbons (Fsp3) is 0.800. The van der Waals surface area contributed by atoms with E-state index >= 15 is 0 Å². The van der Waals surface area contributed by atoms with Gasteiger partial charge < -0.3 is 10.0 Å². The van der Waals surface area contributed by atoms with Gasteiger partial charge >= 0.3 is 5.97 Å². The lowest BCUT2D eigenvalue weighted by Crippen LogP contribution is -2.37. The van der Waals surface area contributed by atoms with Crippen molar-refractivity contribution in [2.75, 3.05) is 33.7 Å². The SMILES string of the molecule is CCN(CCCC(=O)O)CC(=O)N(C)C. The maximum Gasteiger partial charge on any atom is 0.303 e. The van der Waals surface area contributed by atoms with Gasteiger partial charge in [0.1, 0.15) is 0 Å². The lowest BCUT2D eigenvalue weighted by molar-refractivity contribution is -0.137. The molecule has 0 saturated carbocycles. The van der Waals surface area contributed by atoms with Crippen LogP contribution in [0.1, 0.15) is 19.8 Å². The predicted molar refractivity (Wildman–Crippen MR) is 57.7 cm³/mol. The Morgan fingerprint density at radius 1 is 1.27 bits per heavy atom. The fourth-order valence-corrected chi connectivity index (χ4v) is 1.14. The van der Waals surface area contributed by atoms with Crippen LogP contribution in [0.25, 0.3) is 0 Å². The second kappa shape index (κ2) is 7.23. The van der Waals surface area contributed by atoms with Gasteiger partial charge in [0.2, 0.25) is 5.91 Å². The van der Waals surface area contributed by atoms with Crippen molar-refractivity contribution in [2.45, 2.75) is 19.8 Å². The van der Waals surface area contributed by atoms with Crippen molar-refractivity contribution >= 4 is 11.9 Å². The first-order valence-electron chi connectivity index (χ1n) is 5.11. The predicted octanol–water partition coefficient (Wildman–Crippen LogP) is 0.261. The first kappa shape index (κ1) is 13.9. The Bertz CT molecular complexity index is 217. The minimum atomic E-state index is -0.787. The minimum Gasteiger partial charge on any atom is -0.481 e. The number of carboxylic acid groups (broad SMARTS) is 1. The topological polar surface area (TPSA) is 60.9 Å². The highest BCUT2D eigenvalue weighted by molar-refractivity contribution is 5.77. The van der Waals surface area contributed by atoms with Gasteiger partial charge in [-0.25, -0.2) is 0 Å². The van der Waals surface area contributed by atoms with Crippen molar-refractivity contribution in [3.8, 4) is 0 Å². The molecular weight excluding hydrogens is 196 g/mol. The van der Waals surface area contributed by atoms with Gasteiger partial charge in [-0.05, 0) is 19.5 Å². The maximum absolute atomic E-state index is 11.4.